The standard InChI is InChI=1S/C13H12BrN3O3/c1-16-11(5-6-12(16)17(19)20)13(18)15-10-4-2-3-9(7-10)8-14/h2-7H,8H2,1H3,(H,15,18). The molecule has 0 saturated heterocycles. The van der Waals surface area contributed by atoms with Crippen LogP contribution in [0, 0.1) is 10.1 Å². The lowest BCUT2D eigenvalue weighted by atomic mass is 10.2. The molecule has 1 aromatic carbocycles. The smallest absolute Gasteiger partial charge is 0.323 e. The topological polar surface area (TPSA) is 77.2 Å². The van der Waals surface area contributed by atoms with E-state index in [1.807, 2.05) is 18.2 Å². The lowest BCUT2D eigenvalue weighted by Crippen LogP contribution is -2.16. The molecule has 0 radical (unpaired) electrons. The van der Waals surface area contributed by atoms with E-state index in [2.05, 4.69) is 21.2 Å². The summed E-state index contributed by atoms with van der Waals surface area (Å²) < 4.78 is 1.25. The molecule has 0 saturated carbocycles. The summed E-state index contributed by atoms with van der Waals surface area (Å²) in [4.78, 5) is 22.3. The first kappa shape index (κ1) is 14.3. The second-order valence-corrected chi connectivity index (χ2v) is 4.74. The van der Waals surface area contributed by atoms with Crippen LogP contribution in [0.2, 0.25) is 0 Å². The highest BCUT2D eigenvalue weighted by Crippen LogP contribution is 2.18. The molecule has 0 spiro atoms. The van der Waals surface area contributed by atoms with E-state index in [9.17, 15) is 14.9 Å². The van der Waals surface area contributed by atoms with Crippen LogP contribution in [0.15, 0.2) is 36.4 Å². The zero-order valence-electron chi connectivity index (χ0n) is 10.7. The van der Waals surface area contributed by atoms with Crippen molar-refractivity contribution in [2.75, 3.05) is 5.32 Å². The summed E-state index contributed by atoms with van der Waals surface area (Å²) in [7, 11) is 1.49. The van der Waals surface area contributed by atoms with Gasteiger partial charge in [0.2, 0.25) is 0 Å². The number of nitrogens with one attached hydrogen (secondary N) is 1. The SMILES string of the molecule is Cn1c(C(=O)Nc2cccc(CBr)c2)ccc1[N+](=O)[O-]. The number of aromatic nitrogens is 1. The first-order chi connectivity index (χ1) is 9.52. The van der Waals surface area contributed by atoms with E-state index in [-0.39, 0.29) is 17.4 Å². The van der Waals surface area contributed by atoms with E-state index in [1.165, 1.54) is 23.7 Å². The largest absolute Gasteiger partial charge is 0.358 e. The molecule has 2 rings (SSSR count). The van der Waals surface area contributed by atoms with Crippen molar-refractivity contribution in [1.29, 1.82) is 0 Å². The molecule has 2 aromatic rings. The minimum absolute atomic E-state index is 0.121. The number of hydrogen-bond acceptors (Lipinski definition) is 3. The molecule has 1 aromatic heterocycles. The molecule has 6 nitrogen and oxygen atoms in total. The Hall–Kier alpha value is -2.15. The Morgan fingerprint density at radius 2 is 2.15 bits per heavy atom. The quantitative estimate of drug-likeness (QED) is 0.529. The van der Waals surface area contributed by atoms with E-state index in [0.29, 0.717) is 11.0 Å². The van der Waals surface area contributed by atoms with Gasteiger partial charge < -0.3 is 15.4 Å². The van der Waals surface area contributed by atoms with E-state index >= 15 is 0 Å². The normalized spacial score (nSPS) is 10.3. The first-order valence-electron chi connectivity index (χ1n) is 5.79. The number of halogens is 1. The van der Waals surface area contributed by atoms with Crippen LogP contribution in [-0.4, -0.2) is 15.4 Å². The third kappa shape index (κ3) is 2.88. The number of nitrogens with zero attached hydrogens (tertiary/aromatic N) is 2. The molecule has 0 aliphatic heterocycles. The average Bonchev–Trinajstić information content (AvgIpc) is 2.81. The molecule has 0 aliphatic carbocycles. The number of nitro groups is 1. The average molecular weight is 338 g/mol. The maximum Gasteiger partial charge on any atom is 0.323 e. The molecule has 0 bridgehead atoms. The van der Waals surface area contributed by atoms with Gasteiger partial charge in [-0.2, -0.15) is 0 Å². The predicted octanol–water partition coefficient (Wildman–Crippen LogP) is 3.08. The Labute approximate surface area is 123 Å². The first-order valence-corrected chi connectivity index (χ1v) is 6.91. The highest BCUT2D eigenvalue weighted by atomic mass is 79.9. The summed E-state index contributed by atoms with van der Waals surface area (Å²) in [6.07, 6.45) is 0. The Morgan fingerprint density at radius 3 is 2.75 bits per heavy atom. The Balaban J connectivity index is 2.22. The molecule has 20 heavy (non-hydrogen) atoms. The lowest BCUT2D eigenvalue weighted by Gasteiger charge is -2.05. The van der Waals surface area contributed by atoms with Crippen LogP contribution in [0.25, 0.3) is 0 Å². The monoisotopic (exact) mass is 337 g/mol. The van der Waals surface area contributed by atoms with Crippen LogP contribution in [0.3, 0.4) is 0 Å². The maximum absolute atomic E-state index is 12.1. The Kier molecular flexibility index (Phi) is 4.19. The van der Waals surface area contributed by atoms with Gasteiger partial charge in [0.25, 0.3) is 5.91 Å². The summed E-state index contributed by atoms with van der Waals surface area (Å²) >= 11 is 3.34. The molecule has 0 unspecified atom stereocenters. The van der Waals surface area contributed by atoms with Crippen molar-refractivity contribution in [1.82, 2.24) is 4.57 Å². The second kappa shape index (κ2) is 5.87. The van der Waals surface area contributed by atoms with E-state index in [1.54, 1.807) is 6.07 Å². The van der Waals surface area contributed by atoms with Crippen molar-refractivity contribution in [3.05, 3.63) is 57.8 Å². The molecule has 1 N–H and O–H groups in total. The minimum Gasteiger partial charge on any atom is -0.358 e. The van der Waals surface area contributed by atoms with Crippen molar-refractivity contribution in [3.63, 3.8) is 0 Å². The lowest BCUT2D eigenvalue weighted by molar-refractivity contribution is -0.391. The van der Waals surface area contributed by atoms with E-state index < -0.39 is 4.92 Å². The summed E-state index contributed by atoms with van der Waals surface area (Å²) in [5, 5.41) is 14.2. The molecule has 0 aliphatic rings. The van der Waals surface area contributed by atoms with Gasteiger partial charge >= 0.3 is 5.82 Å². The fraction of sp³-hybridized carbons (Fsp3) is 0.154. The van der Waals surface area contributed by atoms with E-state index in [0.717, 1.165) is 5.56 Å². The number of carbonyl (C=O) groups is 1. The Bertz CT molecular complexity index is 667. The van der Waals surface area contributed by atoms with Gasteiger partial charge in [0, 0.05) is 17.1 Å². The summed E-state index contributed by atoms with van der Waals surface area (Å²) in [5.74, 6) is -0.503. The van der Waals surface area contributed by atoms with Crippen LogP contribution >= 0.6 is 15.9 Å². The summed E-state index contributed by atoms with van der Waals surface area (Å²) in [6, 6.07) is 10.1. The van der Waals surface area contributed by atoms with Crippen molar-refractivity contribution in [3.8, 4) is 0 Å². The zero-order valence-corrected chi connectivity index (χ0v) is 12.3. The van der Waals surface area contributed by atoms with Crippen molar-refractivity contribution < 1.29 is 9.72 Å². The Morgan fingerprint density at radius 1 is 1.40 bits per heavy atom. The van der Waals surface area contributed by atoms with Crippen molar-refractivity contribution in [2.45, 2.75) is 5.33 Å². The van der Waals surface area contributed by atoms with Crippen LogP contribution < -0.4 is 5.32 Å². The molecule has 0 fully saturated rings. The molecular weight excluding hydrogens is 326 g/mol. The molecule has 7 heteroatoms. The number of benzene rings is 1. The third-order valence-corrected chi connectivity index (χ3v) is 3.50. The molecule has 104 valence electrons. The van der Waals surface area contributed by atoms with Gasteiger partial charge in [-0.3, -0.25) is 4.79 Å². The molecule has 1 amide bonds. The van der Waals surface area contributed by atoms with Gasteiger partial charge in [0.05, 0.1) is 7.05 Å². The fourth-order valence-corrected chi connectivity index (χ4v) is 2.19. The van der Waals surface area contributed by atoms with Gasteiger partial charge in [0.1, 0.15) is 0 Å². The van der Waals surface area contributed by atoms with Crippen LogP contribution in [0.4, 0.5) is 11.5 Å². The van der Waals surface area contributed by atoms with Gasteiger partial charge in [-0.05, 0) is 28.7 Å². The van der Waals surface area contributed by atoms with Gasteiger partial charge in [-0.25, -0.2) is 4.57 Å². The van der Waals surface area contributed by atoms with Crippen LogP contribution in [0.5, 0.6) is 0 Å². The fourth-order valence-electron chi connectivity index (χ4n) is 1.84. The van der Waals surface area contributed by atoms with Crippen LogP contribution in [-0.2, 0) is 12.4 Å². The van der Waals surface area contributed by atoms with E-state index in [4.69, 9.17) is 0 Å². The van der Waals surface area contributed by atoms with Crippen molar-refractivity contribution in [2.24, 2.45) is 7.05 Å². The molecular formula is C13H12BrN3O3. The molecule has 1 heterocycles. The highest BCUT2D eigenvalue weighted by Gasteiger charge is 2.20. The van der Waals surface area contributed by atoms with Gasteiger partial charge in [0.15, 0.2) is 5.69 Å². The zero-order chi connectivity index (χ0) is 14.7. The third-order valence-electron chi connectivity index (χ3n) is 2.85. The van der Waals surface area contributed by atoms with Crippen molar-refractivity contribution >= 4 is 33.3 Å². The second-order valence-electron chi connectivity index (χ2n) is 4.18. The minimum atomic E-state index is -0.526. The number of hydrogen-bond donors (Lipinski definition) is 1. The summed E-state index contributed by atoms with van der Waals surface area (Å²) in [5.41, 5.74) is 1.91. The number of amides is 1. The number of rotatable bonds is 4. The van der Waals surface area contributed by atoms with Gasteiger partial charge in [-0.15, -0.1) is 0 Å². The number of anilines is 1. The van der Waals surface area contributed by atoms with Gasteiger partial charge in [-0.1, -0.05) is 28.1 Å². The number of alkyl halides is 1. The highest BCUT2D eigenvalue weighted by molar-refractivity contribution is 9.08. The summed E-state index contributed by atoms with van der Waals surface area (Å²) in [6.45, 7) is 0. The maximum atomic E-state index is 12.1. The molecule has 0 atom stereocenters. The number of carbonyl (C=O) groups excluding carboxylic acids is 1. The van der Waals surface area contributed by atoms with Crippen LogP contribution in [0.1, 0.15) is 16.1 Å². The predicted molar refractivity (Wildman–Crippen MR) is 79.1 cm³/mol.